The average Bonchev–Trinajstić information content (AvgIpc) is 2.74. The Balaban J connectivity index is 1.96. The molecule has 1 aliphatic heterocycles. The van der Waals surface area contributed by atoms with Crippen LogP contribution in [-0.4, -0.2) is 44.1 Å². The molecule has 2 aromatic rings. The summed E-state index contributed by atoms with van der Waals surface area (Å²) in [6.07, 6.45) is 0.364. The van der Waals surface area contributed by atoms with Crippen LogP contribution in [0.15, 0.2) is 47.4 Å². The lowest BCUT2D eigenvalue weighted by molar-refractivity contribution is -0.160. The quantitative estimate of drug-likeness (QED) is 0.638. The second-order valence-corrected chi connectivity index (χ2v) is 9.50. The lowest BCUT2D eigenvalue weighted by atomic mass is 9.95. The largest absolute Gasteiger partial charge is 0.464 e. The lowest BCUT2D eigenvalue weighted by Gasteiger charge is -2.34. The summed E-state index contributed by atoms with van der Waals surface area (Å²) in [6, 6.07) is 13.0. The first-order chi connectivity index (χ1) is 14.2. The number of sulfonamides is 1. The van der Waals surface area contributed by atoms with Crippen molar-refractivity contribution in [1.82, 2.24) is 4.31 Å². The third-order valence-corrected chi connectivity index (χ3v) is 7.62. The molecule has 0 saturated carbocycles. The number of rotatable bonds is 6. The third kappa shape index (κ3) is 4.27. The molecule has 7 heteroatoms. The molecule has 0 unspecified atom stereocenters. The molecular weight excluding hydrogens is 405 g/mol. The molecule has 162 valence electrons. The van der Waals surface area contributed by atoms with Crippen molar-refractivity contribution in [2.75, 3.05) is 19.7 Å². The van der Waals surface area contributed by atoms with E-state index in [-0.39, 0.29) is 37.4 Å². The number of ether oxygens (including phenoxy) is 1. The molecule has 30 heavy (non-hydrogen) atoms. The van der Waals surface area contributed by atoms with Gasteiger partial charge in [-0.1, -0.05) is 37.3 Å². The summed E-state index contributed by atoms with van der Waals surface area (Å²) in [5, 5.41) is 0. The van der Waals surface area contributed by atoms with Gasteiger partial charge in [0.05, 0.1) is 11.5 Å². The molecule has 3 rings (SSSR count). The molecule has 2 aromatic carbocycles. The maximum atomic E-state index is 14.9. The Labute approximate surface area is 177 Å². The van der Waals surface area contributed by atoms with E-state index >= 15 is 0 Å². The van der Waals surface area contributed by atoms with Crippen LogP contribution in [-0.2, 0) is 26.0 Å². The first-order valence-electron chi connectivity index (χ1n) is 10.3. The number of nitrogens with zero attached hydrogens (tertiary/aromatic N) is 1. The van der Waals surface area contributed by atoms with Crippen molar-refractivity contribution in [2.45, 2.75) is 50.6 Å². The van der Waals surface area contributed by atoms with Gasteiger partial charge in [0, 0.05) is 31.5 Å². The zero-order valence-corrected chi connectivity index (χ0v) is 18.5. The Hall–Kier alpha value is -2.25. The second-order valence-electron chi connectivity index (χ2n) is 7.59. The minimum Gasteiger partial charge on any atom is -0.464 e. The summed E-state index contributed by atoms with van der Waals surface area (Å²) in [4.78, 5) is 12.1. The fourth-order valence-electron chi connectivity index (χ4n) is 3.79. The second kappa shape index (κ2) is 8.86. The number of hydrogen-bond acceptors (Lipinski definition) is 4. The number of piperidine rings is 1. The topological polar surface area (TPSA) is 63.7 Å². The summed E-state index contributed by atoms with van der Waals surface area (Å²) in [7, 11) is -3.86. The Morgan fingerprint density at radius 3 is 2.37 bits per heavy atom. The number of esters is 1. The van der Waals surface area contributed by atoms with Crippen LogP contribution in [0.4, 0.5) is 4.39 Å². The number of carbonyl (C=O) groups is 1. The number of benzene rings is 2. The van der Waals surface area contributed by atoms with Gasteiger partial charge >= 0.3 is 5.97 Å². The van der Waals surface area contributed by atoms with E-state index in [1.165, 1.54) is 4.31 Å². The van der Waals surface area contributed by atoms with Gasteiger partial charge in [0.25, 0.3) is 0 Å². The number of hydrogen-bond donors (Lipinski definition) is 0. The summed E-state index contributed by atoms with van der Waals surface area (Å²) >= 11 is 0. The first kappa shape index (κ1) is 22.4. The fraction of sp³-hybridized carbons (Fsp3) is 0.435. The van der Waals surface area contributed by atoms with Crippen molar-refractivity contribution >= 4 is 16.0 Å². The van der Waals surface area contributed by atoms with Gasteiger partial charge in [-0.05, 0) is 49.1 Å². The first-order valence-corrected chi connectivity index (χ1v) is 11.7. The van der Waals surface area contributed by atoms with Crippen LogP contribution in [0, 0.1) is 6.92 Å². The monoisotopic (exact) mass is 433 g/mol. The smallest absolute Gasteiger partial charge is 0.343 e. The van der Waals surface area contributed by atoms with Crippen molar-refractivity contribution in [1.29, 1.82) is 0 Å². The molecule has 0 radical (unpaired) electrons. The molecule has 1 heterocycles. The highest BCUT2D eigenvalue weighted by atomic mass is 32.2. The van der Waals surface area contributed by atoms with Gasteiger partial charge in [-0.2, -0.15) is 4.31 Å². The zero-order chi connectivity index (χ0) is 21.9. The van der Waals surface area contributed by atoms with E-state index in [1.54, 1.807) is 13.0 Å². The van der Waals surface area contributed by atoms with Crippen LogP contribution in [0.3, 0.4) is 0 Å². The molecule has 0 aromatic heterocycles. The van der Waals surface area contributed by atoms with Gasteiger partial charge in [0.15, 0.2) is 0 Å². The van der Waals surface area contributed by atoms with E-state index < -0.39 is 21.7 Å². The summed E-state index contributed by atoms with van der Waals surface area (Å²) < 4.78 is 48.0. The highest BCUT2D eigenvalue weighted by Gasteiger charge is 2.45. The molecule has 5 nitrogen and oxygen atoms in total. The van der Waals surface area contributed by atoms with Crippen LogP contribution in [0.1, 0.15) is 37.8 Å². The lowest BCUT2D eigenvalue weighted by Crippen LogP contribution is -2.49. The molecule has 0 bridgehead atoms. The SMILES string of the molecule is CCOC(=O)C1(F)CCN(S(=O)(=O)c2ccc(CC)cc2-c2ccccc2C)CC1. The zero-order valence-electron chi connectivity index (χ0n) is 17.7. The van der Waals surface area contributed by atoms with Crippen LogP contribution in [0.25, 0.3) is 11.1 Å². The molecule has 1 fully saturated rings. The molecule has 0 aliphatic carbocycles. The van der Waals surface area contributed by atoms with Crippen molar-refractivity contribution in [3.05, 3.63) is 53.6 Å². The predicted octanol–water partition coefficient (Wildman–Crippen LogP) is 4.28. The summed E-state index contributed by atoms with van der Waals surface area (Å²) in [6.45, 7) is 5.54. The average molecular weight is 434 g/mol. The normalized spacial score (nSPS) is 16.9. The molecule has 1 saturated heterocycles. The van der Waals surface area contributed by atoms with Gasteiger partial charge in [-0.25, -0.2) is 17.6 Å². The van der Waals surface area contributed by atoms with E-state index in [0.29, 0.717) is 5.56 Å². The van der Waals surface area contributed by atoms with Crippen molar-refractivity contribution in [2.24, 2.45) is 0 Å². The standard InChI is InChI=1S/C23H28FNO4S/c1-4-18-10-11-21(20(16-18)19-9-7-6-8-17(19)3)30(27,28)25-14-12-23(24,13-15-25)22(26)29-5-2/h6-11,16H,4-5,12-15H2,1-3H3. The van der Waals surface area contributed by atoms with Gasteiger partial charge in [0.1, 0.15) is 0 Å². The Morgan fingerprint density at radius 2 is 1.77 bits per heavy atom. The minimum atomic E-state index is -3.86. The summed E-state index contributed by atoms with van der Waals surface area (Å²) in [5.41, 5.74) is 1.39. The maximum Gasteiger partial charge on any atom is 0.343 e. The number of carbonyl (C=O) groups excluding carboxylic acids is 1. The van der Waals surface area contributed by atoms with Crippen LogP contribution in [0.5, 0.6) is 0 Å². The molecule has 1 aliphatic rings. The van der Waals surface area contributed by atoms with Crippen molar-refractivity contribution in [3.8, 4) is 11.1 Å². The van der Waals surface area contributed by atoms with Crippen LogP contribution in [0.2, 0.25) is 0 Å². The minimum absolute atomic E-state index is 0.0691. The highest BCUT2D eigenvalue weighted by Crippen LogP contribution is 2.36. The Kier molecular flexibility index (Phi) is 6.62. The van der Waals surface area contributed by atoms with E-state index in [0.717, 1.165) is 23.1 Å². The van der Waals surface area contributed by atoms with E-state index in [4.69, 9.17) is 4.74 Å². The van der Waals surface area contributed by atoms with Crippen LogP contribution >= 0.6 is 0 Å². The summed E-state index contributed by atoms with van der Waals surface area (Å²) in [5.74, 6) is -0.907. The molecule has 0 N–H and O–H groups in total. The van der Waals surface area contributed by atoms with Gasteiger partial charge in [-0.3, -0.25) is 0 Å². The third-order valence-electron chi connectivity index (χ3n) is 5.66. The fourth-order valence-corrected chi connectivity index (χ4v) is 5.42. The van der Waals surface area contributed by atoms with E-state index in [2.05, 4.69) is 0 Å². The van der Waals surface area contributed by atoms with Crippen LogP contribution < -0.4 is 0 Å². The predicted molar refractivity (Wildman–Crippen MR) is 114 cm³/mol. The Bertz CT molecular complexity index is 1030. The molecular formula is C23H28FNO4S. The van der Waals surface area contributed by atoms with Crippen molar-refractivity contribution < 1.29 is 22.3 Å². The molecule has 0 spiro atoms. The Morgan fingerprint density at radius 1 is 1.10 bits per heavy atom. The van der Waals surface area contributed by atoms with E-state index in [9.17, 15) is 17.6 Å². The maximum absolute atomic E-state index is 14.9. The molecule has 0 atom stereocenters. The highest BCUT2D eigenvalue weighted by molar-refractivity contribution is 7.89. The van der Waals surface area contributed by atoms with Gasteiger partial charge in [-0.15, -0.1) is 0 Å². The van der Waals surface area contributed by atoms with Crippen molar-refractivity contribution in [3.63, 3.8) is 0 Å². The van der Waals surface area contributed by atoms with Gasteiger partial charge in [0.2, 0.25) is 15.7 Å². The number of aryl methyl sites for hydroxylation is 2. The van der Waals surface area contributed by atoms with Gasteiger partial charge < -0.3 is 4.74 Å². The molecule has 0 amide bonds. The number of halogens is 1. The number of alkyl halides is 1. The van der Waals surface area contributed by atoms with E-state index in [1.807, 2.05) is 50.2 Å².